The molecule has 0 aliphatic rings. The highest BCUT2D eigenvalue weighted by Crippen LogP contribution is 2.05. The van der Waals surface area contributed by atoms with Crippen LogP contribution in [0.3, 0.4) is 0 Å². The molecule has 0 aromatic heterocycles. The summed E-state index contributed by atoms with van der Waals surface area (Å²) in [6.07, 6.45) is 2.26. The number of benzene rings is 1. The molecular weight excluding hydrogens is 248 g/mol. The van der Waals surface area contributed by atoms with Crippen molar-refractivity contribution in [3.05, 3.63) is 30.3 Å². The third-order valence-corrected chi connectivity index (χ3v) is 2.69. The number of nitrogens with one attached hydrogen (secondary N) is 2. The Bertz CT molecular complexity index is 395. The highest BCUT2D eigenvalue weighted by atomic mass is 32.1. The summed E-state index contributed by atoms with van der Waals surface area (Å²) in [6, 6.07) is 8.61. The van der Waals surface area contributed by atoms with Crippen LogP contribution in [0.4, 0.5) is 5.69 Å². The topological polar surface area (TPSA) is 64.2 Å². The van der Waals surface area contributed by atoms with E-state index >= 15 is 0 Å². The first-order chi connectivity index (χ1) is 8.63. The van der Waals surface area contributed by atoms with Gasteiger partial charge < -0.3 is 20.5 Å². The maximum absolute atomic E-state index is 10.9. The Balaban J connectivity index is 2.48. The molecule has 5 heteroatoms. The van der Waals surface area contributed by atoms with Crippen molar-refractivity contribution in [2.24, 2.45) is 0 Å². The lowest BCUT2D eigenvalue weighted by molar-refractivity contribution is -0.308. The Hall–Kier alpha value is -1.62. The summed E-state index contributed by atoms with van der Waals surface area (Å²) < 4.78 is 0. The van der Waals surface area contributed by atoms with Gasteiger partial charge in [-0.1, -0.05) is 38.0 Å². The molecule has 1 atom stereocenters. The monoisotopic (exact) mass is 265 g/mol. The number of carbonyl (C=O) groups excluding carboxylic acids is 1. The summed E-state index contributed by atoms with van der Waals surface area (Å²) in [5, 5.41) is 16.9. The lowest BCUT2D eigenvalue weighted by Gasteiger charge is -2.21. The summed E-state index contributed by atoms with van der Waals surface area (Å²) in [6.45, 7) is 2.01. The molecule has 0 fully saturated rings. The minimum absolute atomic E-state index is 0.298. The maximum Gasteiger partial charge on any atom is 0.171 e. The van der Waals surface area contributed by atoms with E-state index in [1.54, 1.807) is 0 Å². The van der Waals surface area contributed by atoms with E-state index in [4.69, 9.17) is 12.2 Å². The van der Waals surface area contributed by atoms with Crippen molar-refractivity contribution < 1.29 is 9.90 Å². The lowest BCUT2D eigenvalue weighted by atomic mass is 10.1. The second-order valence-electron chi connectivity index (χ2n) is 3.98. The van der Waals surface area contributed by atoms with Crippen LogP contribution in [0.2, 0.25) is 0 Å². The predicted molar refractivity (Wildman–Crippen MR) is 74.1 cm³/mol. The van der Waals surface area contributed by atoms with Crippen LogP contribution in [0.25, 0.3) is 0 Å². The summed E-state index contributed by atoms with van der Waals surface area (Å²) >= 11 is 5.07. The summed E-state index contributed by atoms with van der Waals surface area (Å²) in [5.74, 6) is -1.12. The van der Waals surface area contributed by atoms with E-state index in [-0.39, 0.29) is 0 Å². The smallest absolute Gasteiger partial charge is 0.171 e. The van der Waals surface area contributed by atoms with E-state index < -0.39 is 12.0 Å². The van der Waals surface area contributed by atoms with Crippen LogP contribution in [0.15, 0.2) is 30.3 Å². The molecule has 0 saturated heterocycles. The molecule has 0 spiro atoms. The quantitative estimate of drug-likeness (QED) is 0.759. The Morgan fingerprint density at radius 1 is 1.39 bits per heavy atom. The van der Waals surface area contributed by atoms with Crippen molar-refractivity contribution in [1.29, 1.82) is 0 Å². The van der Waals surface area contributed by atoms with E-state index in [2.05, 4.69) is 10.6 Å². The summed E-state index contributed by atoms with van der Waals surface area (Å²) in [4.78, 5) is 10.9. The fraction of sp³-hybridized carbons (Fsp3) is 0.385. The van der Waals surface area contributed by atoms with E-state index in [1.165, 1.54) is 0 Å². The van der Waals surface area contributed by atoms with Gasteiger partial charge in [-0.05, 0) is 30.8 Å². The molecule has 1 rings (SSSR count). The number of carboxylic acid groups (broad SMARTS) is 1. The molecule has 0 aliphatic carbocycles. The zero-order chi connectivity index (χ0) is 13.4. The predicted octanol–water partition coefficient (Wildman–Crippen LogP) is 1.28. The summed E-state index contributed by atoms with van der Waals surface area (Å²) in [7, 11) is 0. The summed E-state index contributed by atoms with van der Waals surface area (Å²) in [5.41, 5.74) is 0.822. The molecule has 0 saturated carbocycles. The van der Waals surface area contributed by atoms with Crippen LogP contribution in [-0.2, 0) is 4.79 Å². The molecular formula is C13H17N2O2S-. The number of anilines is 1. The fourth-order valence-corrected chi connectivity index (χ4v) is 1.76. The zero-order valence-corrected chi connectivity index (χ0v) is 11.1. The first-order valence-corrected chi connectivity index (χ1v) is 6.37. The molecule has 1 aromatic rings. The zero-order valence-electron chi connectivity index (χ0n) is 10.3. The van der Waals surface area contributed by atoms with Gasteiger partial charge in [0.05, 0.1) is 12.0 Å². The van der Waals surface area contributed by atoms with Crippen LogP contribution in [0.1, 0.15) is 26.2 Å². The molecule has 0 radical (unpaired) electrons. The van der Waals surface area contributed by atoms with Crippen molar-refractivity contribution in [2.45, 2.75) is 32.2 Å². The van der Waals surface area contributed by atoms with Crippen LogP contribution in [-0.4, -0.2) is 17.1 Å². The SMILES string of the molecule is CCCC[C@H](NC(=S)Nc1ccccc1)C(=O)[O-]. The number of rotatable bonds is 6. The van der Waals surface area contributed by atoms with Crippen LogP contribution >= 0.6 is 12.2 Å². The van der Waals surface area contributed by atoms with Gasteiger partial charge in [-0.15, -0.1) is 0 Å². The van der Waals surface area contributed by atoms with Crippen molar-refractivity contribution in [3.8, 4) is 0 Å². The van der Waals surface area contributed by atoms with Crippen LogP contribution < -0.4 is 15.7 Å². The number of carbonyl (C=O) groups is 1. The largest absolute Gasteiger partial charge is 0.548 e. The highest BCUT2D eigenvalue weighted by molar-refractivity contribution is 7.80. The molecule has 4 nitrogen and oxygen atoms in total. The van der Waals surface area contributed by atoms with Gasteiger partial charge in [0.1, 0.15) is 0 Å². The van der Waals surface area contributed by atoms with Gasteiger partial charge >= 0.3 is 0 Å². The number of thiocarbonyl (C=S) groups is 1. The molecule has 0 bridgehead atoms. The Morgan fingerprint density at radius 3 is 2.61 bits per heavy atom. The van der Waals surface area contributed by atoms with Crippen LogP contribution in [0, 0.1) is 0 Å². The number of para-hydroxylation sites is 1. The molecule has 1 aromatic carbocycles. The molecule has 0 aliphatic heterocycles. The molecule has 0 unspecified atom stereocenters. The third-order valence-electron chi connectivity index (χ3n) is 2.47. The van der Waals surface area contributed by atoms with E-state index in [1.807, 2.05) is 37.3 Å². The van der Waals surface area contributed by atoms with E-state index in [9.17, 15) is 9.90 Å². The highest BCUT2D eigenvalue weighted by Gasteiger charge is 2.10. The second-order valence-corrected chi connectivity index (χ2v) is 4.39. The molecule has 2 N–H and O–H groups in total. The van der Waals surface area contributed by atoms with Gasteiger partial charge in [0.2, 0.25) is 0 Å². The number of unbranched alkanes of at least 4 members (excludes halogenated alkanes) is 1. The molecule has 0 heterocycles. The Kier molecular flexibility index (Phi) is 6.14. The third kappa shape index (κ3) is 5.14. The van der Waals surface area contributed by atoms with Crippen LogP contribution in [0.5, 0.6) is 0 Å². The minimum atomic E-state index is -1.12. The van der Waals surface area contributed by atoms with E-state index in [0.29, 0.717) is 11.5 Å². The van der Waals surface area contributed by atoms with Gasteiger partial charge in [0.15, 0.2) is 5.11 Å². The van der Waals surface area contributed by atoms with Gasteiger partial charge in [-0.25, -0.2) is 0 Å². The Morgan fingerprint density at radius 2 is 2.06 bits per heavy atom. The second kappa shape index (κ2) is 7.66. The molecule has 98 valence electrons. The lowest BCUT2D eigenvalue weighted by Crippen LogP contribution is -2.49. The number of aliphatic carboxylic acids is 1. The van der Waals surface area contributed by atoms with Gasteiger partial charge in [-0.3, -0.25) is 0 Å². The van der Waals surface area contributed by atoms with Gasteiger partial charge in [0.25, 0.3) is 0 Å². The first-order valence-electron chi connectivity index (χ1n) is 5.97. The van der Waals surface area contributed by atoms with Crippen molar-refractivity contribution >= 4 is 29.0 Å². The number of carboxylic acids is 1. The van der Waals surface area contributed by atoms with E-state index in [0.717, 1.165) is 18.5 Å². The average Bonchev–Trinajstić information content (AvgIpc) is 2.35. The van der Waals surface area contributed by atoms with Gasteiger partial charge in [-0.2, -0.15) is 0 Å². The fourth-order valence-electron chi connectivity index (χ4n) is 1.50. The minimum Gasteiger partial charge on any atom is -0.548 e. The van der Waals surface area contributed by atoms with Gasteiger partial charge in [0, 0.05) is 5.69 Å². The standard InChI is InChI=1S/C13H18N2O2S/c1-2-3-9-11(12(16)17)15-13(18)14-10-7-5-4-6-8-10/h4-8,11H,2-3,9H2,1H3,(H,16,17)(H2,14,15,18)/p-1/t11-/m0/s1. The first kappa shape index (κ1) is 14.4. The number of hydrogen-bond donors (Lipinski definition) is 2. The number of hydrogen-bond acceptors (Lipinski definition) is 3. The average molecular weight is 265 g/mol. The van der Waals surface area contributed by atoms with Crippen molar-refractivity contribution in [1.82, 2.24) is 5.32 Å². The normalized spacial score (nSPS) is 11.6. The van der Waals surface area contributed by atoms with Crippen molar-refractivity contribution in [2.75, 3.05) is 5.32 Å². The molecule has 0 amide bonds. The van der Waals surface area contributed by atoms with Crippen molar-refractivity contribution in [3.63, 3.8) is 0 Å². The Labute approximate surface area is 112 Å². The molecule has 18 heavy (non-hydrogen) atoms. The maximum atomic E-state index is 10.9.